The molecule has 1 unspecified atom stereocenters. The number of amides is 2. The Labute approximate surface area is 115 Å². The molecule has 7 heteroatoms. The van der Waals surface area contributed by atoms with Crippen LogP contribution in [-0.2, 0) is 4.79 Å². The fourth-order valence-corrected chi connectivity index (χ4v) is 2.23. The first-order valence-electron chi connectivity index (χ1n) is 5.68. The lowest BCUT2D eigenvalue weighted by atomic mass is 10.2. The van der Waals surface area contributed by atoms with Crippen molar-refractivity contribution in [2.45, 2.75) is 19.4 Å². The van der Waals surface area contributed by atoms with Crippen LogP contribution in [0.15, 0.2) is 11.6 Å². The van der Waals surface area contributed by atoms with Crippen molar-refractivity contribution in [3.63, 3.8) is 0 Å². The number of rotatable bonds is 6. The molecule has 0 spiro atoms. The standard InChI is InChI=1S/C12H15N3O3S/c1-3-6-15(8-10(16)17)12(18)14-9(4-2)11-13-5-7-19-11/h1,5,7,9H,4,6,8H2,2H3,(H,14,18)(H,16,17). The van der Waals surface area contributed by atoms with Crippen LogP contribution in [0.2, 0.25) is 0 Å². The lowest BCUT2D eigenvalue weighted by Crippen LogP contribution is -2.44. The van der Waals surface area contributed by atoms with Gasteiger partial charge < -0.3 is 15.3 Å². The number of urea groups is 1. The first-order chi connectivity index (χ1) is 9.08. The summed E-state index contributed by atoms with van der Waals surface area (Å²) in [6.45, 7) is 1.44. The number of hydrogen-bond donors (Lipinski definition) is 2. The lowest BCUT2D eigenvalue weighted by Gasteiger charge is -2.22. The van der Waals surface area contributed by atoms with E-state index in [0.717, 1.165) is 9.91 Å². The van der Waals surface area contributed by atoms with Gasteiger partial charge in [-0.15, -0.1) is 17.8 Å². The maximum atomic E-state index is 12.0. The van der Waals surface area contributed by atoms with Gasteiger partial charge in [0.15, 0.2) is 0 Å². The minimum Gasteiger partial charge on any atom is -0.480 e. The molecule has 0 aliphatic rings. The Bertz CT molecular complexity index is 467. The van der Waals surface area contributed by atoms with E-state index >= 15 is 0 Å². The number of nitrogens with one attached hydrogen (secondary N) is 1. The summed E-state index contributed by atoms with van der Waals surface area (Å²) >= 11 is 1.44. The van der Waals surface area contributed by atoms with E-state index in [2.05, 4.69) is 16.2 Å². The Hall–Kier alpha value is -2.07. The second kappa shape index (κ2) is 7.38. The highest BCUT2D eigenvalue weighted by Gasteiger charge is 2.20. The number of hydrogen-bond acceptors (Lipinski definition) is 4. The van der Waals surface area contributed by atoms with Crippen molar-refractivity contribution in [3.8, 4) is 12.3 Å². The van der Waals surface area contributed by atoms with Gasteiger partial charge in [0, 0.05) is 11.6 Å². The summed E-state index contributed by atoms with van der Waals surface area (Å²) in [5.74, 6) is 1.16. The van der Waals surface area contributed by atoms with Crippen LogP contribution in [0.25, 0.3) is 0 Å². The first-order valence-corrected chi connectivity index (χ1v) is 6.56. The Morgan fingerprint density at radius 2 is 2.42 bits per heavy atom. The van der Waals surface area contributed by atoms with Gasteiger partial charge in [0.25, 0.3) is 0 Å². The van der Waals surface area contributed by atoms with Gasteiger partial charge in [0.1, 0.15) is 11.6 Å². The molecule has 1 atom stereocenters. The average Bonchev–Trinajstić information content (AvgIpc) is 2.88. The van der Waals surface area contributed by atoms with Crippen LogP contribution >= 0.6 is 11.3 Å². The second-order valence-corrected chi connectivity index (χ2v) is 4.66. The van der Waals surface area contributed by atoms with Crippen molar-refractivity contribution in [2.75, 3.05) is 13.1 Å². The lowest BCUT2D eigenvalue weighted by molar-refractivity contribution is -0.137. The van der Waals surface area contributed by atoms with E-state index in [1.165, 1.54) is 11.3 Å². The minimum atomic E-state index is -1.10. The third kappa shape index (κ3) is 4.60. The Morgan fingerprint density at radius 1 is 1.68 bits per heavy atom. The zero-order valence-electron chi connectivity index (χ0n) is 10.5. The molecule has 0 aliphatic heterocycles. The van der Waals surface area contributed by atoms with Crippen molar-refractivity contribution >= 4 is 23.3 Å². The van der Waals surface area contributed by atoms with Crippen LogP contribution in [0.3, 0.4) is 0 Å². The number of carboxylic acids is 1. The van der Waals surface area contributed by atoms with E-state index in [0.29, 0.717) is 6.42 Å². The maximum Gasteiger partial charge on any atom is 0.323 e. The van der Waals surface area contributed by atoms with Gasteiger partial charge in [0.2, 0.25) is 0 Å². The van der Waals surface area contributed by atoms with Crippen molar-refractivity contribution in [1.82, 2.24) is 15.2 Å². The van der Waals surface area contributed by atoms with Gasteiger partial charge in [-0.3, -0.25) is 4.79 Å². The Balaban J connectivity index is 2.69. The minimum absolute atomic E-state index is 0.0492. The number of aromatic nitrogens is 1. The molecule has 2 N–H and O–H groups in total. The summed E-state index contributed by atoms with van der Waals surface area (Å²) in [7, 11) is 0. The summed E-state index contributed by atoms with van der Waals surface area (Å²) < 4.78 is 0. The zero-order valence-corrected chi connectivity index (χ0v) is 11.3. The van der Waals surface area contributed by atoms with E-state index in [1.807, 2.05) is 12.3 Å². The van der Waals surface area contributed by atoms with Gasteiger partial charge in [-0.1, -0.05) is 12.8 Å². The summed E-state index contributed by atoms with van der Waals surface area (Å²) in [4.78, 5) is 27.8. The van der Waals surface area contributed by atoms with Crippen LogP contribution < -0.4 is 5.32 Å². The molecule has 6 nitrogen and oxygen atoms in total. The van der Waals surface area contributed by atoms with Crippen molar-refractivity contribution in [2.24, 2.45) is 0 Å². The largest absolute Gasteiger partial charge is 0.480 e. The number of nitrogens with zero attached hydrogens (tertiary/aromatic N) is 2. The molecular formula is C12H15N3O3S. The number of terminal acetylenes is 1. The Morgan fingerprint density at radius 3 is 2.89 bits per heavy atom. The van der Waals surface area contributed by atoms with Crippen LogP contribution in [0, 0.1) is 12.3 Å². The molecule has 2 amide bonds. The van der Waals surface area contributed by atoms with E-state index in [1.54, 1.807) is 6.20 Å². The molecule has 19 heavy (non-hydrogen) atoms. The third-order valence-corrected chi connectivity index (χ3v) is 3.24. The van der Waals surface area contributed by atoms with Gasteiger partial charge in [-0.05, 0) is 6.42 Å². The van der Waals surface area contributed by atoms with E-state index < -0.39 is 18.5 Å². The zero-order chi connectivity index (χ0) is 14.3. The molecule has 1 aromatic rings. The van der Waals surface area contributed by atoms with Crippen molar-refractivity contribution < 1.29 is 14.7 Å². The van der Waals surface area contributed by atoms with Crippen LogP contribution in [0.4, 0.5) is 4.79 Å². The van der Waals surface area contributed by atoms with Crippen molar-refractivity contribution in [3.05, 3.63) is 16.6 Å². The van der Waals surface area contributed by atoms with Gasteiger partial charge in [-0.2, -0.15) is 0 Å². The SMILES string of the molecule is C#CCN(CC(=O)O)C(=O)NC(CC)c1nccs1. The molecular weight excluding hydrogens is 266 g/mol. The molecule has 102 valence electrons. The molecule has 1 heterocycles. The number of carbonyl (C=O) groups is 2. The van der Waals surface area contributed by atoms with Gasteiger partial charge >= 0.3 is 12.0 Å². The number of carbonyl (C=O) groups excluding carboxylic acids is 1. The van der Waals surface area contributed by atoms with E-state index in [4.69, 9.17) is 11.5 Å². The monoisotopic (exact) mass is 281 g/mol. The summed E-state index contributed by atoms with van der Waals surface area (Å²) in [5.41, 5.74) is 0. The topological polar surface area (TPSA) is 82.5 Å². The molecule has 0 saturated heterocycles. The predicted molar refractivity (Wildman–Crippen MR) is 71.7 cm³/mol. The highest BCUT2D eigenvalue weighted by Crippen LogP contribution is 2.18. The number of aliphatic carboxylic acids is 1. The third-order valence-electron chi connectivity index (χ3n) is 2.35. The highest BCUT2D eigenvalue weighted by atomic mass is 32.1. The number of thiazole rings is 1. The van der Waals surface area contributed by atoms with Crippen LogP contribution in [0.5, 0.6) is 0 Å². The fourth-order valence-electron chi connectivity index (χ4n) is 1.46. The first kappa shape index (κ1) is 15.0. The normalized spacial score (nSPS) is 11.4. The maximum absolute atomic E-state index is 12.0. The van der Waals surface area contributed by atoms with E-state index in [-0.39, 0.29) is 12.6 Å². The van der Waals surface area contributed by atoms with Gasteiger partial charge in [0.05, 0.1) is 12.6 Å². The highest BCUT2D eigenvalue weighted by molar-refractivity contribution is 7.09. The summed E-state index contributed by atoms with van der Waals surface area (Å²) in [5, 5.41) is 14.1. The molecule has 0 fully saturated rings. The fraction of sp³-hybridized carbons (Fsp3) is 0.417. The van der Waals surface area contributed by atoms with E-state index in [9.17, 15) is 9.59 Å². The summed E-state index contributed by atoms with van der Waals surface area (Å²) in [6.07, 6.45) is 7.45. The number of carboxylic acid groups (broad SMARTS) is 1. The molecule has 1 rings (SSSR count). The van der Waals surface area contributed by atoms with Crippen LogP contribution in [0.1, 0.15) is 24.4 Å². The van der Waals surface area contributed by atoms with Gasteiger partial charge in [-0.25, -0.2) is 9.78 Å². The molecule has 0 bridgehead atoms. The average molecular weight is 281 g/mol. The predicted octanol–water partition coefficient (Wildman–Crippen LogP) is 1.32. The quantitative estimate of drug-likeness (QED) is 0.770. The smallest absolute Gasteiger partial charge is 0.323 e. The molecule has 0 aliphatic carbocycles. The Kier molecular flexibility index (Phi) is 5.82. The molecule has 0 saturated carbocycles. The summed E-state index contributed by atoms with van der Waals surface area (Å²) in [6, 6.07) is -0.732. The molecule has 1 aromatic heterocycles. The second-order valence-electron chi connectivity index (χ2n) is 3.73. The molecule has 0 aromatic carbocycles. The van der Waals surface area contributed by atoms with Crippen molar-refractivity contribution in [1.29, 1.82) is 0 Å². The van der Waals surface area contributed by atoms with Crippen LogP contribution in [-0.4, -0.2) is 40.1 Å². The molecule has 0 radical (unpaired) electrons.